The van der Waals surface area contributed by atoms with Crippen molar-refractivity contribution in [1.29, 1.82) is 5.26 Å². The highest BCUT2D eigenvalue weighted by atomic mass is 32.2. The summed E-state index contributed by atoms with van der Waals surface area (Å²) in [6, 6.07) is 14.7. The summed E-state index contributed by atoms with van der Waals surface area (Å²) >= 11 is 0. The number of hydrogen-bond donors (Lipinski definition) is 0. The lowest BCUT2D eigenvalue weighted by molar-refractivity contribution is 0.181. The van der Waals surface area contributed by atoms with Crippen molar-refractivity contribution in [1.82, 2.24) is 14.1 Å². The van der Waals surface area contributed by atoms with Gasteiger partial charge in [-0.05, 0) is 57.4 Å². The number of nitriles is 1. The lowest BCUT2D eigenvalue weighted by Crippen LogP contribution is -2.48. The van der Waals surface area contributed by atoms with Crippen LogP contribution in [-0.4, -0.2) is 89.5 Å². The Bertz CT molecular complexity index is 1090. The van der Waals surface area contributed by atoms with Crippen LogP contribution in [0.2, 0.25) is 0 Å². The monoisotopic (exact) mass is 485 g/mol. The van der Waals surface area contributed by atoms with E-state index in [0.717, 1.165) is 30.9 Å². The largest absolute Gasteiger partial charge is 0.497 e. The van der Waals surface area contributed by atoms with Gasteiger partial charge in [0.25, 0.3) is 0 Å². The van der Waals surface area contributed by atoms with Crippen LogP contribution in [0.5, 0.6) is 5.75 Å². The number of hydrogen-bond acceptors (Lipinski definition) is 7. The van der Waals surface area contributed by atoms with Crippen molar-refractivity contribution >= 4 is 15.7 Å². The van der Waals surface area contributed by atoms with Gasteiger partial charge >= 0.3 is 0 Å². The molecule has 1 aliphatic rings. The van der Waals surface area contributed by atoms with E-state index in [9.17, 15) is 13.7 Å². The van der Waals surface area contributed by atoms with Gasteiger partial charge in [0.05, 0.1) is 23.6 Å². The molecule has 2 aromatic carbocycles. The zero-order valence-corrected chi connectivity index (χ0v) is 21.4. The number of anilines is 1. The minimum Gasteiger partial charge on any atom is -0.497 e. The van der Waals surface area contributed by atoms with E-state index in [1.165, 1.54) is 4.31 Å². The molecule has 0 aliphatic carbocycles. The first-order valence-electron chi connectivity index (χ1n) is 11.6. The fourth-order valence-corrected chi connectivity index (χ4v) is 5.58. The van der Waals surface area contributed by atoms with Crippen LogP contribution in [0, 0.1) is 11.3 Å². The van der Waals surface area contributed by atoms with Crippen LogP contribution in [0.25, 0.3) is 0 Å². The topological polar surface area (TPSA) is 80.1 Å². The average Bonchev–Trinajstić information content (AvgIpc) is 2.85. The van der Waals surface area contributed by atoms with E-state index in [2.05, 4.69) is 47.9 Å². The fraction of sp³-hybridized carbons (Fsp3) is 0.480. The number of piperazine rings is 1. The predicted octanol–water partition coefficient (Wildman–Crippen LogP) is 2.46. The number of likely N-dealkylation sites (N-methyl/N-ethyl adjacent to an activating group) is 2. The molecule has 0 atom stereocenters. The molecule has 1 heterocycles. The zero-order valence-electron chi connectivity index (χ0n) is 20.6. The Kier molecular flexibility index (Phi) is 8.91. The second-order valence-electron chi connectivity index (χ2n) is 8.65. The quantitative estimate of drug-likeness (QED) is 0.511. The van der Waals surface area contributed by atoms with Gasteiger partial charge < -0.3 is 14.5 Å². The van der Waals surface area contributed by atoms with Crippen LogP contribution in [-0.2, 0) is 16.6 Å². The molecule has 0 N–H and O–H groups in total. The standard InChI is InChI=1S/C25H35N5O3S/c1-5-29(16-13-27(2)3)25-8-6-7-21(19-26)24(25)20-28-14-17-30(18-15-28)34(31,32)23-11-9-22(33-4)10-12-23/h6-12H,5,13-18,20H2,1-4H3. The molecular formula is C25H35N5O3S. The molecule has 0 radical (unpaired) electrons. The molecule has 8 nitrogen and oxygen atoms in total. The van der Waals surface area contributed by atoms with Gasteiger partial charge in [-0.3, -0.25) is 4.90 Å². The van der Waals surface area contributed by atoms with Gasteiger partial charge in [0.1, 0.15) is 5.75 Å². The highest BCUT2D eigenvalue weighted by Gasteiger charge is 2.29. The number of benzene rings is 2. The Morgan fingerprint density at radius 2 is 1.71 bits per heavy atom. The van der Waals surface area contributed by atoms with Crippen molar-refractivity contribution in [2.24, 2.45) is 0 Å². The van der Waals surface area contributed by atoms with Crippen LogP contribution in [0.15, 0.2) is 47.4 Å². The minimum absolute atomic E-state index is 0.276. The first-order valence-corrected chi connectivity index (χ1v) is 13.0. The van der Waals surface area contributed by atoms with Crippen LogP contribution in [0.1, 0.15) is 18.1 Å². The summed E-state index contributed by atoms with van der Waals surface area (Å²) in [6.07, 6.45) is 0. The summed E-state index contributed by atoms with van der Waals surface area (Å²) in [4.78, 5) is 6.97. The van der Waals surface area contributed by atoms with Crippen molar-refractivity contribution < 1.29 is 13.2 Å². The minimum atomic E-state index is -3.55. The molecule has 2 aromatic rings. The molecule has 9 heteroatoms. The van der Waals surface area contributed by atoms with Crippen LogP contribution in [0.4, 0.5) is 5.69 Å². The summed E-state index contributed by atoms with van der Waals surface area (Å²) in [6.45, 7) is 7.44. The van der Waals surface area contributed by atoms with E-state index < -0.39 is 10.0 Å². The number of nitrogens with zero attached hydrogens (tertiary/aromatic N) is 5. The fourth-order valence-electron chi connectivity index (χ4n) is 4.16. The van der Waals surface area contributed by atoms with E-state index in [-0.39, 0.29) is 4.90 Å². The number of methoxy groups -OCH3 is 1. The Morgan fingerprint density at radius 1 is 1.03 bits per heavy atom. The van der Waals surface area contributed by atoms with Crippen molar-refractivity contribution in [2.75, 3.05) is 71.9 Å². The smallest absolute Gasteiger partial charge is 0.243 e. The third-order valence-electron chi connectivity index (χ3n) is 6.22. The Labute approximate surface area is 204 Å². The number of ether oxygens (including phenoxy) is 1. The maximum atomic E-state index is 13.1. The van der Waals surface area contributed by atoms with Crippen molar-refractivity contribution in [3.05, 3.63) is 53.6 Å². The van der Waals surface area contributed by atoms with E-state index in [1.54, 1.807) is 31.4 Å². The number of sulfonamides is 1. The molecule has 0 amide bonds. The Hall–Kier alpha value is -2.64. The summed E-state index contributed by atoms with van der Waals surface area (Å²) in [5, 5.41) is 9.77. The van der Waals surface area contributed by atoms with Gasteiger partial charge in [-0.1, -0.05) is 6.07 Å². The molecule has 0 saturated carbocycles. The average molecular weight is 486 g/mol. The van der Waals surface area contributed by atoms with Crippen molar-refractivity contribution in [3.63, 3.8) is 0 Å². The molecule has 0 unspecified atom stereocenters. The van der Waals surface area contributed by atoms with Crippen LogP contribution in [0.3, 0.4) is 0 Å². The van der Waals surface area contributed by atoms with E-state index in [1.807, 2.05) is 12.1 Å². The first-order chi connectivity index (χ1) is 16.3. The van der Waals surface area contributed by atoms with Gasteiger partial charge in [-0.15, -0.1) is 0 Å². The molecule has 0 aromatic heterocycles. The van der Waals surface area contributed by atoms with Crippen molar-refractivity contribution in [2.45, 2.75) is 18.4 Å². The highest BCUT2D eigenvalue weighted by Crippen LogP contribution is 2.27. The molecule has 3 rings (SSSR count). The first kappa shape index (κ1) is 26.0. The van der Waals surface area contributed by atoms with Gasteiger partial charge in [0, 0.05) is 63.6 Å². The zero-order chi connectivity index (χ0) is 24.7. The molecule has 0 bridgehead atoms. The van der Waals surface area contributed by atoms with Crippen LogP contribution < -0.4 is 9.64 Å². The summed E-state index contributed by atoms with van der Waals surface area (Å²) < 4.78 is 32.8. The van der Waals surface area contributed by atoms with Crippen LogP contribution >= 0.6 is 0 Å². The summed E-state index contributed by atoms with van der Waals surface area (Å²) in [7, 11) is 2.12. The summed E-state index contributed by atoms with van der Waals surface area (Å²) in [5.74, 6) is 0.627. The van der Waals surface area contributed by atoms with Gasteiger partial charge in [0.2, 0.25) is 10.0 Å². The third kappa shape index (κ3) is 6.07. The summed E-state index contributed by atoms with van der Waals surface area (Å²) in [5.41, 5.74) is 2.77. The molecular weight excluding hydrogens is 450 g/mol. The third-order valence-corrected chi connectivity index (χ3v) is 8.13. The Morgan fingerprint density at radius 3 is 2.26 bits per heavy atom. The van der Waals surface area contributed by atoms with Gasteiger partial charge in [0.15, 0.2) is 0 Å². The van der Waals surface area contributed by atoms with Gasteiger partial charge in [-0.2, -0.15) is 9.57 Å². The van der Waals surface area contributed by atoms with Gasteiger partial charge in [-0.25, -0.2) is 8.42 Å². The molecule has 1 aliphatic heterocycles. The molecule has 1 fully saturated rings. The van der Waals surface area contributed by atoms with Crippen molar-refractivity contribution in [3.8, 4) is 11.8 Å². The second kappa shape index (κ2) is 11.7. The van der Waals surface area contributed by atoms with E-state index >= 15 is 0 Å². The number of rotatable bonds is 10. The molecule has 0 spiro atoms. The predicted molar refractivity (Wildman–Crippen MR) is 135 cm³/mol. The highest BCUT2D eigenvalue weighted by molar-refractivity contribution is 7.89. The molecule has 34 heavy (non-hydrogen) atoms. The molecule has 184 valence electrons. The second-order valence-corrected chi connectivity index (χ2v) is 10.6. The van der Waals surface area contributed by atoms with E-state index in [4.69, 9.17) is 4.74 Å². The Balaban J connectivity index is 1.72. The SMILES string of the molecule is CCN(CCN(C)C)c1cccc(C#N)c1CN1CCN(S(=O)(=O)c2ccc(OC)cc2)CC1. The van der Waals surface area contributed by atoms with E-state index in [0.29, 0.717) is 44.0 Å². The normalized spacial score (nSPS) is 15.3. The maximum Gasteiger partial charge on any atom is 0.243 e. The molecule has 1 saturated heterocycles. The lowest BCUT2D eigenvalue weighted by Gasteiger charge is -2.35. The lowest BCUT2D eigenvalue weighted by atomic mass is 10.0. The maximum absolute atomic E-state index is 13.1.